The Morgan fingerprint density at radius 3 is 2.59 bits per heavy atom. The summed E-state index contributed by atoms with van der Waals surface area (Å²) in [7, 11) is 1.94. The van der Waals surface area contributed by atoms with E-state index in [9.17, 15) is 5.11 Å². The molecule has 1 aromatic heterocycles. The highest BCUT2D eigenvalue weighted by atomic mass is 16.3. The highest BCUT2D eigenvalue weighted by Gasteiger charge is 2.26. The van der Waals surface area contributed by atoms with Crippen LogP contribution in [0.1, 0.15) is 30.7 Å². The van der Waals surface area contributed by atoms with Crippen LogP contribution < -0.4 is 5.32 Å². The zero-order valence-corrected chi connectivity index (χ0v) is 13.1. The Morgan fingerprint density at radius 1 is 1.23 bits per heavy atom. The molecule has 1 heterocycles. The predicted molar refractivity (Wildman–Crippen MR) is 91.8 cm³/mol. The van der Waals surface area contributed by atoms with Crippen LogP contribution in [0.4, 0.5) is 5.69 Å². The molecular weight excluding hydrogens is 272 g/mol. The van der Waals surface area contributed by atoms with E-state index in [-0.39, 0.29) is 0 Å². The number of anilines is 1. The minimum atomic E-state index is 0.290. The average molecular weight is 292 g/mol. The number of rotatable bonds is 3. The molecule has 1 aromatic carbocycles. The van der Waals surface area contributed by atoms with Gasteiger partial charge in [-0.2, -0.15) is 0 Å². The van der Waals surface area contributed by atoms with Gasteiger partial charge in [0, 0.05) is 30.9 Å². The summed E-state index contributed by atoms with van der Waals surface area (Å²) in [4.78, 5) is 4.57. The highest BCUT2D eigenvalue weighted by Crippen LogP contribution is 2.44. The number of fused-ring (bicyclic) bond motifs is 1. The van der Waals surface area contributed by atoms with Crippen LogP contribution in [-0.4, -0.2) is 17.1 Å². The lowest BCUT2D eigenvalue weighted by Crippen LogP contribution is -1.98. The predicted octanol–water partition coefficient (Wildman–Crippen LogP) is 4.26. The van der Waals surface area contributed by atoms with E-state index in [1.807, 2.05) is 31.4 Å². The normalized spacial score (nSPS) is 14.2. The van der Waals surface area contributed by atoms with Gasteiger partial charge in [-0.3, -0.25) is 4.98 Å². The van der Waals surface area contributed by atoms with Gasteiger partial charge < -0.3 is 10.4 Å². The first-order chi connectivity index (χ1) is 10.7. The molecule has 0 saturated heterocycles. The zero-order chi connectivity index (χ0) is 15.7. The monoisotopic (exact) mass is 292 g/mol. The van der Waals surface area contributed by atoms with Gasteiger partial charge in [-0.25, -0.2) is 0 Å². The minimum absolute atomic E-state index is 0.290. The Kier molecular flexibility index (Phi) is 3.72. The van der Waals surface area contributed by atoms with Crippen LogP contribution in [0.5, 0.6) is 5.75 Å². The topological polar surface area (TPSA) is 45.2 Å². The van der Waals surface area contributed by atoms with E-state index in [1.165, 1.54) is 22.3 Å². The maximum atomic E-state index is 9.53. The lowest BCUT2D eigenvalue weighted by Gasteiger charge is -2.13. The number of aromatic nitrogens is 1. The molecule has 2 aromatic rings. The molecular formula is C19H20N2O. The summed E-state index contributed by atoms with van der Waals surface area (Å²) in [6.07, 6.45) is 4.81. The number of phenols is 1. The Balaban J connectivity index is 2.24. The van der Waals surface area contributed by atoms with Crippen molar-refractivity contribution in [1.82, 2.24) is 4.98 Å². The Morgan fingerprint density at radius 2 is 1.95 bits per heavy atom. The molecule has 0 saturated carbocycles. The maximum Gasteiger partial charge on any atom is 0.115 e. The summed E-state index contributed by atoms with van der Waals surface area (Å²) < 4.78 is 0. The lowest BCUT2D eigenvalue weighted by atomic mass is 9.94. The fraction of sp³-hybridized carbons (Fsp3) is 0.211. The Hall–Kier alpha value is -2.55. The van der Waals surface area contributed by atoms with Crippen molar-refractivity contribution in [3.8, 4) is 5.75 Å². The first kappa shape index (κ1) is 14.4. The molecule has 0 radical (unpaired) electrons. The quantitative estimate of drug-likeness (QED) is 0.888. The molecule has 22 heavy (non-hydrogen) atoms. The molecule has 0 aliphatic heterocycles. The Bertz CT molecular complexity index is 771. The first-order valence-electron chi connectivity index (χ1n) is 7.47. The number of allylic oxidation sites excluding steroid dienone is 4. The number of hydrogen-bond donors (Lipinski definition) is 2. The summed E-state index contributed by atoms with van der Waals surface area (Å²) in [6.45, 7) is 4.20. The molecule has 112 valence electrons. The molecule has 1 aliphatic carbocycles. The van der Waals surface area contributed by atoms with E-state index < -0.39 is 0 Å². The molecule has 3 nitrogen and oxygen atoms in total. The molecule has 0 amide bonds. The van der Waals surface area contributed by atoms with Crippen molar-refractivity contribution < 1.29 is 5.11 Å². The molecule has 0 fully saturated rings. The Labute approximate surface area is 131 Å². The van der Waals surface area contributed by atoms with Gasteiger partial charge in [-0.1, -0.05) is 18.2 Å². The third-order valence-electron chi connectivity index (χ3n) is 4.24. The second kappa shape index (κ2) is 5.68. The number of benzene rings is 1. The smallest absolute Gasteiger partial charge is 0.115 e. The van der Waals surface area contributed by atoms with Crippen LogP contribution in [0.25, 0.3) is 11.1 Å². The third-order valence-corrected chi connectivity index (χ3v) is 4.24. The standard InChI is InChI=1S/C19H20N2O/c1-4-12(2)18-15(13-5-7-14(22)8-6-13)11-17-19(18)16(20-3)9-10-21-17/h4-10,22H,11H2,1-3H3,(H,20,21)/b12-4+. The molecule has 0 spiro atoms. The van der Waals surface area contributed by atoms with Gasteiger partial charge in [0.25, 0.3) is 0 Å². The minimum Gasteiger partial charge on any atom is -0.508 e. The van der Waals surface area contributed by atoms with Crippen molar-refractivity contribution in [3.63, 3.8) is 0 Å². The summed E-state index contributed by atoms with van der Waals surface area (Å²) >= 11 is 0. The van der Waals surface area contributed by atoms with Gasteiger partial charge in [0.05, 0.1) is 5.69 Å². The fourth-order valence-corrected chi connectivity index (χ4v) is 3.02. The van der Waals surface area contributed by atoms with E-state index in [1.54, 1.807) is 12.1 Å². The average Bonchev–Trinajstić information content (AvgIpc) is 2.94. The van der Waals surface area contributed by atoms with Gasteiger partial charge in [-0.15, -0.1) is 0 Å². The van der Waals surface area contributed by atoms with Crippen molar-refractivity contribution in [2.45, 2.75) is 20.3 Å². The highest BCUT2D eigenvalue weighted by molar-refractivity contribution is 6.05. The van der Waals surface area contributed by atoms with Gasteiger partial charge >= 0.3 is 0 Å². The zero-order valence-electron chi connectivity index (χ0n) is 13.1. The number of hydrogen-bond acceptors (Lipinski definition) is 3. The second-order valence-corrected chi connectivity index (χ2v) is 5.48. The summed E-state index contributed by atoms with van der Waals surface area (Å²) in [5.74, 6) is 0.290. The maximum absolute atomic E-state index is 9.53. The van der Waals surface area contributed by atoms with Gasteiger partial charge in [0.2, 0.25) is 0 Å². The molecule has 0 atom stereocenters. The van der Waals surface area contributed by atoms with Crippen LogP contribution in [0.15, 0.2) is 48.2 Å². The van der Waals surface area contributed by atoms with Gasteiger partial charge in [-0.05, 0) is 54.3 Å². The second-order valence-electron chi connectivity index (χ2n) is 5.48. The number of aromatic hydroxyl groups is 1. The van der Waals surface area contributed by atoms with Crippen molar-refractivity contribution >= 4 is 16.8 Å². The fourth-order valence-electron chi connectivity index (χ4n) is 3.02. The van der Waals surface area contributed by atoms with E-state index in [4.69, 9.17) is 0 Å². The van der Waals surface area contributed by atoms with Crippen LogP contribution in [-0.2, 0) is 6.42 Å². The number of pyridine rings is 1. The van der Waals surface area contributed by atoms with Crippen molar-refractivity contribution in [1.29, 1.82) is 0 Å². The van der Waals surface area contributed by atoms with Crippen LogP contribution in [0, 0.1) is 0 Å². The van der Waals surface area contributed by atoms with Crippen LogP contribution in [0.2, 0.25) is 0 Å². The van der Waals surface area contributed by atoms with Crippen molar-refractivity contribution in [2.75, 3.05) is 12.4 Å². The summed E-state index contributed by atoms with van der Waals surface area (Å²) in [5, 5.41) is 12.8. The largest absolute Gasteiger partial charge is 0.508 e. The van der Waals surface area contributed by atoms with E-state index in [0.29, 0.717) is 5.75 Å². The van der Waals surface area contributed by atoms with E-state index >= 15 is 0 Å². The molecule has 0 bridgehead atoms. The SMILES string of the molecule is C/C=C(\C)C1=C(c2ccc(O)cc2)Cc2nccc(NC)c21. The van der Waals surface area contributed by atoms with Crippen molar-refractivity contribution in [3.05, 3.63) is 65.0 Å². The third kappa shape index (κ3) is 2.29. The molecule has 1 aliphatic rings. The van der Waals surface area contributed by atoms with Gasteiger partial charge in [0.1, 0.15) is 5.75 Å². The molecule has 3 heteroatoms. The number of nitrogens with zero attached hydrogens (tertiary/aromatic N) is 1. The number of nitrogens with one attached hydrogen (secondary N) is 1. The summed E-state index contributed by atoms with van der Waals surface area (Å²) in [5.41, 5.74) is 8.30. The van der Waals surface area contributed by atoms with Crippen LogP contribution >= 0.6 is 0 Å². The van der Waals surface area contributed by atoms with E-state index in [2.05, 4.69) is 30.2 Å². The summed E-state index contributed by atoms with van der Waals surface area (Å²) in [6, 6.07) is 9.43. The van der Waals surface area contributed by atoms with E-state index in [0.717, 1.165) is 23.4 Å². The first-order valence-corrected chi connectivity index (χ1v) is 7.47. The molecule has 0 unspecified atom stereocenters. The molecule has 2 N–H and O–H groups in total. The lowest BCUT2D eigenvalue weighted by molar-refractivity contribution is 0.475. The van der Waals surface area contributed by atoms with Crippen LogP contribution in [0.3, 0.4) is 0 Å². The van der Waals surface area contributed by atoms with Gasteiger partial charge in [0.15, 0.2) is 0 Å². The number of phenolic OH excluding ortho intramolecular Hbond substituents is 1. The van der Waals surface area contributed by atoms with Crippen molar-refractivity contribution in [2.24, 2.45) is 0 Å². The molecule has 3 rings (SSSR count).